The maximum atomic E-state index is 12.6. The second kappa shape index (κ2) is 7.45. The third-order valence-electron chi connectivity index (χ3n) is 3.30. The number of methoxy groups -OCH3 is 2. The van der Waals surface area contributed by atoms with Crippen LogP contribution in [0, 0.1) is 0 Å². The zero-order valence-electron chi connectivity index (χ0n) is 12.1. The van der Waals surface area contributed by atoms with Gasteiger partial charge in [-0.2, -0.15) is 0 Å². The van der Waals surface area contributed by atoms with Gasteiger partial charge in [0.2, 0.25) is 6.29 Å². The summed E-state index contributed by atoms with van der Waals surface area (Å²) in [4.78, 5) is 25.4. The molecule has 1 heterocycles. The molecule has 1 aromatic rings. The summed E-state index contributed by atoms with van der Waals surface area (Å²) in [6.45, 7) is 0. The number of carboxylic acid groups (broad SMARTS) is 1. The minimum Gasteiger partial charge on any atom is -0.480 e. The zero-order valence-corrected chi connectivity index (χ0v) is 14.5. The van der Waals surface area contributed by atoms with Crippen LogP contribution in [0.3, 0.4) is 0 Å². The first-order valence-electron chi connectivity index (χ1n) is 6.47. The van der Waals surface area contributed by atoms with E-state index in [0.717, 1.165) is 10.0 Å². The lowest BCUT2D eigenvalue weighted by molar-refractivity contribution is -0.175. The quantitative estimate of drug-likeness (QED) is 0.777. The van der Waals surface area contributed by atoms with Crippen molar-refractivity contribution in [1.29, 1.82) is 0 Å². The van der Waals surface area contributed by atoms with Crippen LogP contribution in [-0.2, 0) is 19.1 Å². The number of carbonyl (C=O) groups is 2. The van der Waals surface area contributed by atoms with Gasteiger partial charge in [-0.15, -0.1) is 11.8 Å². The number of halogens is 1. The second-order valence-corrected chi connectivity index (χ2v) is 6.67. The summed E-state index contributed by atoms with van der Waals surface area (Å²) >= 11 is 4.80. The van der Waals surface area contributed by atoms with Crippen LogP contribution in [0.5, 0.6) is 0 Å². The zero-order chi connectivity index (χ0) is 16.3. The molecule has 6 nitrogen and oxygen atoms in total. The number of aliphatic carboxylic acids is 1. The van der Waals surface area contributed by atoms with E-state index < -0.39 is 24.2 Å². The summed E-state index contributed by atoms with van der Waals surface area (Å²) < 4.78 is 10.8. The van der Waals surface area contributed by atoms with Crippen LogP contribution in [0.1, 0.15) is 10.9 Å². The largest absolute Gasteiger partial charge is 0.480 e. The van der Waals surface area contributed by atoms with E-state index in [1.165, 1.54) is 30.9 Å². The fourth-order valence-electron chi connectivity index (χ4n) is 2.30. The maximum absolute atomic E-state index is 12.6. The van der Waals surface area contributed by atoms with Crippen molar-refractivity contribution >= 4 is 39.6 Å². The topological polar surface area (TPSA) is 76.1 Å². The van der Waals surface area contributed by atoms with Gasteiger partial charge in [0.15, 0.2) is 0 Å². The van der Waals surface area contributed by atoms with E-state index in [1.807, 2.05) is 24.3 Å². The molecule has 1 aliphatic rings. The molecule has 22 heavy (non-hydrogen) atoms. The number of ether oxygens (including phenoxy) is 2. The van der Waals surface area contributed by atoms with Gasteiger partial charge in [-0.3, -0.25) is 4.79 Å². The van der Waals surface area contributed by atoms with Crippen LogP contribution in [0.2, 0.25) is 0 Å². The van der Waals surface area contributed by atoms with Gasteiger partial charge in [-0.1, -0.05) is 28.1 Å². The predicted molar refractivity (Wildman–Crippen MR) is 85.4 cm³/mol. The Hall–Kier alpha value is -1.09. The van der Waals surface area contributed by atoms with E-state index in [-0.39, 0.29) is 5.37 Å². The average Bonchev–Trinajstić information content (AvgIpc) is 2.93. The third-order valence-corrected chi connectivity index (χ3v) is 5.12. The number of hydrogen-bond acceptors (Lipinski definition) is 5. The number of carboxylic acids is 1. The molecule has 2 unspecified atom stereocenters. The number of rotatable bonds is 5. The highest BCUT2D eigenvalue weighted by Gasteiger charge is 2.44. The molecule has 2 atom stereocenters. The van der Waals surface area contributed by atoms with Crippen molar-refractivity contribution in [2.24, 2.45) is 0 Å². The third kappa shape index (κ3) is 3.45. The first-order chi connectivity index (χ1) is 10.5. The van der Waals surface area contributed by atoms with E-state index >= 15 is 0 Å². The first kappa shape index (κ1) is 17.3. The van der Waals surface area contributed by atoms with Gasteiger partial charge < -0.3 is 19.5 Å². The number of amides is 1. The molecule has 0 aromatic heterocycles. The van der Waals surface area contributed by atoms with Crippen molar-refractivity contribution in [2.45, 2.75) is 17.7 Å². The Kier molecular flexibility index (Phi) is 5.85. The van der Waals surface area contributed by atoms with Crippen LogP contribution < -0.4 is 0 Å². The van der Waals surface area contributed by atoms with E-state index in [2.05, 4.69) is 15.9 Å². The lowest BCUT2D eigenvalue weighted by atomic mass is 10.1. The summed E-state index contributed by atoms with van der Waals surface area (Å²) in [5.74, 6) is -1.21. The van der Waals surface area contributed by atoms with Crippen LogP contribution in [0.25, 0.3) is 0 Å². The molecule has 0 bridgehead atoms. The molecule has 0 saturated carbocycles. The van der Waals surface area contributed by atoms with Gasteiger partial charge in [-0.25, -0.2) is 4.79 Å². The molecular weight excluding hydrogens is 374 g/mol. The van der Waals surface area contributed by atoms with Crippen molar-refractivity contribution < 1.29 is 24.2 Å². The number of nitrogens with zero attached hydrogens (tertiary/aromatic N) is 1. The molecule has 2 rings (SSSR count). The molecule has 120 valence electrons. The Bertz CT molecular complexity index is 566. The summed E-state index contributed by atoms with van der Waals surface area (Å²) in [5.41, 5.74) is 0.849. The van der Waals surface area contributed by atoms with Crippen molar-refractivity contribution in [3.05, 3.63) is 34.3 Å². The highest BCUT2D eigenvalue weighted by molar-refractivity contribution is 9.10. The van der Waals surface area contributed by atoms with E-state index in [9.17, 15) is 14.7 Å². The standard InChI is InChI=1S/C14H16BrNO5S/c1-20-14(21-2)11(17)16-10(13(18)19)7-22-12(16)8-4-3-5-9(15)6-8/h3-6,10,12,14H,7H2,1-2H3,(H,18,19). The van der Waals surface area contributed by atoms with Crippen molar-refractivity contribution in [3.63, 3.8) is 0 Å². The number of benzene rings is 1. The Balaban J connectivity index is 2.36. The Morgan fingerprint density at radius 2 is 2.09 bits per heavy atom. The summed E-state index contributed by atoms with van der Waals surface area (Å²) in [6.07, 6.45) is -1.12. The lowest BCUT2D eigenvalue weighted by Gasteiger charge is -2.30. The number of thioether (sulfide) groups is 1. The molecule has 0 spiro atoms. The van der Waals surface area contributed by atoms with Crippen LogP contribution in [0.4, 0.5) is 0 Å². The minimum absolute atomic E-state index is 0.318. The minimum atomic E-state index is -1.12. The fraction of sp³-hybridized carbons (Fsp3) is 0.429. The van der Waals surface area contributed by atoms with Gasteiger partial charge in [0.1, 0.15) is 11.4 Å². The maximum Gasteiger partial charge on any atom is 0.327 e. The summed E-state index contributed by atoms with van der Waals surface area (Å²) in [5, 5.41) is 8.99. The van der Waals surface area contributed by atoms with Crippen molar-refractivity contribution in [1.82, 2.24) is 4.90 Å². The predicted octanol–water partition coefficient (Wildman–Crippen LogP) is 2.10. The van der Waals surface area contributed by atoms with E-state index in [1.54, 1.807) is 0 Å². The normalized spacial score (nSPS) is 21.4. The highest BCUT2D eigenvalue weighted by Crippen LogP contribution is 2.42. The average molecular weight is 390 g/mol. The second-order valence-electron chi connectivity index (χ2n) is 4.64. The van der Waals surface area contributed by atoms with Gasteiger partial charge in [0.05, 0.1) is 0 Å². The SMILES string of the molecule is COC(OC)C(=O)N1C(C(=O)O)CSC1c1cccc(Br)c1. The number of hydrogen-bond donors (Lipinski definition) is 1. The highest BCUT2D eigenvalue weighted by atomic mass is 79.9. The van der Waals surface area contributed by atoms with E-state index in [4.69, 9.17) is 9.47 Å². The first-order valence-corrected chi connectivity index (χ1v) is 8.31. The van der Waals surface area contributed by atoms with Gasteiger partial charge in [0, 0.05) is 24.4 Å². The summed E-state index contributed by atoms with van der Waals surface area (Å²) in [7, 11) is 2.69. The molecule has 1 aliphatic heterocycles. The summed E-state index contributed by atoms with van der Waals surface area (Å²) in [6, 6.07) is 6.55. The lowest BCUT2D eigenvalue weighted by Crippen LogP contribution is -2.48. The van der Waals surface area contributed by atoms with Gasteiger partial charge in [0.25, 0.3) is 5.91 Å². The Labute approximate surface area is 140 Å². The van der Waals surface area contributed by atoms with Crippen LogP contribution in [0.15, 0.2) is 28.7 Å². The molecular formula is C14H16BrNO5S. The molecule has 1 N–H and O–H groups in total. The molecule has 1 fully saturated rings. The van der Waals surface area contributed by atoms with Gasteiger partial charge >= 0.3 is 5.97 Å². The fourth-order valence-corrected chi connectivity index (χ4v) is 4.14. The van der Waals surface area contributed by atoms with Gasteiger partial charge in [-0.05, 0) is 17.7 Å². The monoisotopic (exact) mass is 389 g/mol. The Morgan fingerprint density at radius 1 is 1.41 bits per heavy atom. The van der Waals surface area contributed by atoms with E-state index in [0.29, 0.717) is 5.75 Å². The molecule has 0 radical (unpaired) electrons. The molecule has 0 aliphatic carbocycles. The Morgan fingerprint density at radius 3 is 2.64 bits per heavy atom. The molecule has 1 saturated heterocycles. The molecule has 1 amide bonds. The van der Waals surface area contributed by atoms with Crippen LogP contribution >= 0.6 is 27.7 Å². The van der Waals surface area contributed by atoms with Crippen LogP contribution in [-0.4, -0.2) is 54.2 Å². The molecule has 8 heteroatoms. The smallest absolute Gasteiger partial charge is 0.327 e. The number of carbonyl (C=O) groups excluding carboxylic acids is 1. The molecule has 1 aromatic carbocycles. The van der Waals surface area contributed by atoms with Crippen molar-refractivity contribution in [3.8, 4) is 0 Å². The van der Waals surface area contributed by atoms with Crippen molar-refractivity contribution in [2.75, 3.05) is 20.0 Å².